The van der Waals surface area contributed by atoms with Crippen molar-refractivity contribution in [3.05, 3.63) is 0 Å². The number of piperazine rings is 1. The number of rotatable bonds is 5. The quantitative estimate of drug-likeness (QED) is 0.702. The van der Waals surface area contributed by atoms with E-state index in [4.69, 9.17) is 0 Å². The number of nitrogens with zero attached hydrogens (tertiary/aromatic N) is 1. The van der Waals surface area contributed by atoms with Crippen molar-refractivity contribution in [2.24, 2.45) is 0 Å². The molecule has 96 valence electrons. The van der Waals surface area contributed by atoms with Gasteiger partial charge in [0.05, 0.1) is 12.7 Å². The van der Waals surface area contributed by atoms with Gasteiger partial charge in [-0.1, -0.05) is 0 Å². The third-order valence-corrected chi connectivity index (χ3v) is 2.25. The molecule has 0 amide bonds. The van der Waals surface area contributed by atoms with Crippen LogP contribution in [0.2, 0.25) is 0 Å². The first kappa shape index (κ1) is 13.7. The van der Waals surface area contributed by atoms with Crippen molar-refractivity contribution in [1.82, 2.24) is 10.2 Å². The molecule has 1 fully saturated rings. The fourth-order valence-electron chi connectivity index (χ4n) is 1.56. The lowest BCUT2D eigenvalue weighted by molar-refractivity contribution is -0.179. The molecule has 7 heteroatoms. The molecule has 0 saturated carbocycles. The van der Waals surface area contributed by atoms with Gasteiger partial charge >= 0.3 is 6.18 Å². The zero-order valence-electron chi connectivity index (χ0n) is 8.96. The molecule has 1 heterocycles. The van der Waals surface area contributed by atoms with Gasteiger partial charge in [-0.3, -0.25) is 4.90 Å². The van der Waals surface area contributed by atoms with Crippen LogP contribution in [0.1, 0.15) is 0 Å². The molecule has 1 saturated heterocycles. The Hall–Kier alpha value is -0.370. The van der Waals surface area contributed by atoms with Crippen molar-refractivity contribution in [2.45, 2.75) is 12.3 Å². The van der Waals surface area contributed by atoms with Gasteiger partial charge in [0.2, 0.25) is 0 Å². The Bertz CT molecular complexity index is 196. The monoisotopic (exact) mass is 242 g/mol. The van der Waals surface area contributed by atoms with Crippen molar-refractivity contribution in [3.63, 3.8) is 0 Å². The van der Waals surface area contributed by atoms with Crippen LogP contribution in [0.15, 0.2) is 0 Å². The number of halogens is 3. The molecule has 2 N–H and O–H groups in total. The van der Waals surface area contributed by atoms with Crippen LogP contribution in [-0.2, 0) is 4.74 Å². The van der Waals surface area contributed by atoms with E-state index < -0.39 is 18.9 Å². The number of aliphatic hydroxyl groups excluding tert-OH is 1. The van der Waals surface area contributed by atoms with Crippen LogP contribution in [0.4, 0.5) is 13.2 Å². The Morgan fingerprint density at radius 2 is 1.94 bits per heavy atom. The van der Waals surface area contributed by atoms with Crippen LogP contribution in [-0.4, -0.2) is 68.2 Å². The fourth-order valence-corrected chi connectivity index (χ4v) is 1.56. The van der Waals surface area contributed by atoms with Crippen molar-refractivity contribution in [3.8, 4) is 0 Å². The molecule has 0 aromatic rings. The molecule has 1 atom stereocenters. The lowest BCUT2D eigenvalue weighted by Gasteiger charge is -2.29. The van der Waals surface area contributed by atoms with Crippen LogP contribution in [0.5, 0.6) is 0 Å². The fraction of sp³-hybridized carbons (Fsp3) is 1.00. The van der Waals surface area contributed by atoms with Gasteiger partial charge in [0.1, 0.15) is 6.61 Å². The predicted molar refractivity (Wildman–Crippen MR) is 52.2 cm³/mol. The van der Waals surface area contributed by atoms with E-state index in [0.717, 1.165) is 26.2 Å². The molecular weight excluding hydrogens is 225 g/mol. The summed E-state index contributed by atoms with van der Waals surface area (Å²) >= 11 is 0. The minimum absolute atomic E-state index is 0.274. The van der Waals surface area contributed by atoms with Crippen molar-refractivity contribution < 1.29 is 23.0 Å². The van der Waals surface area contributed by atoms with Gasteiger partial charge in [0, 0.05) is 32.7 Å². The Morgan fingerprint density at radius 1 is 1.31 bits per heavy atom. The van der Waals surface area contributed by atoms with Crippen molar-refractivity contribution >= 4 is 0 Å². The highest BCUT2D eigenvalue weighted by Gasteiger charge is 2.28. The molecule has 0 aromatic heterocycles. The highest BCUT2D eigenvalue weighted by Crippen LogP contribution is 2.14. The Balaban J connectivity index is 2.08. The summed E-state index contributed by atoms with van der Waals surface area (Å²) in [5, 5.41) is 12.6. The van der Waals surface area contributed by atoms with Gasteiger partial charge in [-0.15, -0.1) is 0 Å². The van der Waals surface area contributed by atoms with E-state index in [1.54, 1.807) is 0 Å². The average Bonchev–Trinajstić information content (AvgIpc) is 2.17. The number of hydrogen-bond acceptors (Lipinski definition) is 4. The van der Waals surface area contributed by atoms with Gasteiger partial charge in [-0.05, 0) is 0 Å². The minimum Gasteiger partial charge on any atom is -0.389 e. The highest BCUT2D eigenvalue weighted by molar-refractivity contribution is 4.70. The lowest BCUT2D eigenvalue weighted by atomic mass is 10.3. The molecule has 0 radical (unpaired) electrons. The Morgan fingerprint density at radius 3 is 2.50 bits per heavy atom. The third kappa shape index (κ3) is 6.26. The smallest absolute Gasteiger partial charge is 0.389 e. The molecule has 1 rings (SSSR count). The van der Waals surface area contributed by atoms with Gasteiger partial charge in [0.15, 0.2) is 0 Å². The normalized spacial score (nSPS) is 21.0. The first-order chi connectivity index (χ1) is 7.47. The maximum Gasteiger partial charge on any atom is 0.411 e. The van der Waals surface area contributed by atoms with E-state index in [-0.39, 0.29) is 6.61 Å². The highest BCUT2D eigenvalue weighted by atomic mass is 19.4. The minimum atomic E-state index is -4.32. The second-order valence-electron chi connectivity index (χ2n) is 3.83. The van der Waals surface area contributed by atoms with Gasteiger partial charge in [0.25, 0.3) is 0 Å². The summed E-state index contributed by atoms with van der Waals surface area (Å²) in [4.78, 5) is 2.00. The van der Waals surface area contributed by atoms with E-state index in [1.165, 1.54) is 0 Å². The van der Waals surface area contributed by atoms with Gasteiger partial charge in [-0.25, -0.2) is 0 Å². The molecule has 4 nitrogen and oxygen atoms in total. The summed E-state index contributed by atoms with van der Waals surface area (Å²) in [5.41, 5.74) is 0. The van der Waals surface area contributed by atoms with Crippen LogP contribution in [0, 0.1) is 0 Å². The number of aliphatic hydroxyl groups is 1. The average molecular weight is 242 g/mol. The Labute approximate surface area is 92.4 Å². The van der Waals surface area contributed by atoms with Crippen molar-refractivity contribution in [2.75, 3.05) is 45.9 Å². The molecule has 0 bridgehead atoms. The second-order valence-corrected chi connectivity index (χ2v) is 3.83. The van der Waals surface area contributed by atoms with Gasteiger partial charge in [-0.2, -0.15) is 13.2 Å². The Kier molecular flexibility index (Phi) is 5.47. The molecule has 16 heavy (non-hydrogen) atoms. The van der Waals surface area contributed by atoms with E-state index in [2.05, 4.69) is 10.1 Å². The molecular formula is C9H17F3N2O2. The molecule has 0 spiro atoms. The first-order valence-electron chi connectivity index (χ1n) is 5.23. The largest absolute Gasteiger partial charge is 0.411 e. The van der Waals surface area contributed by atoms with Crippen LogP contribution in [0.25, 0.3) is 0 Å². The number of ether oxygens (including phenoxy) is 1. The summed E-state index contributed by atoms with van der Waals surface area (Å²) in [7, 11) is 0. The summed E-state index contributed by atoms with van der Waals surface area (Å²) < 4.78 is 39.6. The van der Waals surface area contributed by atoms with Gasteiger partial charge < -0.3 is 15.2 Å². The predicted octanol–water partition coefficient (Wildman–Crippen LogP) is -0.169. The zero-order valence-corrected chi connectivity index (χ0v) is 8.96. The standard InChI is InChI=1S/C9H17F3N2O2/c10-9(11,12)7-16-6-8(15)5-14-3-1-13-2-4-14/h8,13,15H,1-7H2. The molecule has 1 aliphatic rings. The summed E-state index contributed by atoms with van der Waals surface area (Å²) in [6.07, 6.45) is -5.19. The maximum absolute atomic E-state index is 11.7. The zero-order chi connectivity index (χ0) is 12.0. The molecule has 0 aliphatic carbocycles. The van der Waals surface area contributed by atoms with Crippen LogP contribution >= 0.6 is 0 Å². The second kappa shape index (κ2) is 6.39. The number of nitrogens with one attached hydrogen (secondary N) is 1. The molecule has 1 aliphatic heterocycles. The molecule has 0 aromatic carbocycles. The topological polar surface area (TPSA) is 44.7 Å². The first-order valence-corrected chi connectivity index (χ1v) is 5.23. The summed E-state index contributed by atoms with van der Waals surface area (Å²) in [6.45, 7) is 2.08. The lowest BCUT2D eigenvalue weighted by Crippen LogP contribution is -2.47. The van der Waals surface area contributed by atoms with Crippen LogP contribution < -0.4 is 5.32 Å². The molecule has 1 unspecified atom stereocenters. The van der Waals surface area contributed by atoms with E-state index >= 15 is 0 Å². The number of β-amino-alcohol motifs (C(OH)–C–C–N with tert-alkyl or cyclic N) is 1. The van der Waals surface area contributed by atoms with E-state index in [0.29, 0.717) is 6.54 Å². The van der Waals surface area contributed by atoms with E-state index in [9.17, 15) is 18.3 Å². The van der Waals surface area contributed by atoms with E-state index in [1.807, 2.05) is 4.90 Å². The summed E-state index contributed by atoms with van der Waals surface area (Å²) in [6, 6.07) is 0. The van der Waals surface area contributed by atoms with Crippen LogP contribution in [0.3, 0.4) is 0 Å². The maximum atomic E-state index is 11.7. The third-order valence-electron chi connectivity index (χ3n) is 2.25. The number of hydrogen-bond donors (Lipinski definition) is 2. The van der Waals surface area contributed by atoms with Crippen molar-refractivity contribution in [1.29, 1.82) is 0 Å². The SMILES string of the molecule is OC(COCC(F)(F)F)CN1CCNCC1. The summed E-state index contributed by atoms with van der Waals surface area (Å²) in [5.74, 6) is 0. The number of alkyl halides is 3.